The number of ether oxygens (including phenoxy) is 1. The maximum atomic E-state index is 5.89. The van der Waals surface area contributed by atoms with E-state index in [1.54, 1.807) is 0 Å². The van der Waals surface area contributed by atoms with Gasteiger partial charge in [-0.05, 0) is 0 Å². The Kier molecular flexibility index (Phi) is 4.49. The molecule has 0 aliphatic rings. The normalized spacial score (nSPS) is 11.4. The van der Waals surface area contributed by atoms with Gasteiger partial charge in [0.2, 0.25) is 0 Å². The Morgan fingerprint density at radius 2 is 1.69 bits per heavy atom. The van der Waals surface area contributed by atoms with Gasteiger partial charge in [-0.15, -0.1) is 0 Å². The van der Waals surface area contributed by atoms with Gasteiger partial charge in [-0.2, -0.15) is 0 Å². The summed E-state index contributed by atoms with van der Waals surface area (Å²) in [4.78, 5) is 0. The summed E-state index contributed by atoms with van der Waals surface area (Å²) >= 11 is -3.42. The minimum atomic E-state index is -3.42. The Morgan fingerprint density at radius 3 is 2.08 bits per heavy atom. The van der Waals surface area contributed by atoms with Crippen LogP contribution in [0.15, 0.2) is 24.3 Å². The van der Waals surface area contributed by atoms with E-state index in [-0.39, 0.29) is 0 Å². The second-order valence-electron chi connectivity index (χ2n) is 2.46. The van der Waals surface area contributed by atoms with Crippen molar-refractivity contribution in [3.63, 3.8) is 0 Å². The van der Waals surface area contributed by atoms with Gasteiger partial charge in [0.05, 0.1) is 0 Å². The van der Waals surface area contributed by atoms with Crippen molar-refractivity contribution in [2.45, 2.75) is 6.92 Å². The Balaban J connectivity index is 2.81. The number of rotatable bonds is 3. The summed E-state index contributed by atoms with van der Waals surface area (Å²) in [5.41, 5.74) is 0. The first kappa shape index (κ1) is 11.8. The molecule has 0 amide bonds. The molecule has 5 heteroatoms. The average Bonchev–Trinajstić information content (AvgIpc) is 2.04. The van der Waals surface area contributed by atoms with Crippen LogP contribution < -0.4 is 8.32 Å². The van der Waals surface area contributed by atoms with Crippen LogP contribution in [0.3, 0.4) is 0 Å². The van der Waals surface area contributed by atoms with E-state index in [1.807, 2.05) is 31.2 Å². The molecule has 0 aliphatic heterocycles. The number of benzene rings is 1. The predicted octanol–water partition coefficient (Wildman–Crippen LogP) is 2.95. The SMILES string of the molecule is CCOc1cc[c]([Sn]([Cl])([Cl])[Cl])cc1. The van der Waals surface area contributed by atoms with Gasteiger partial charge in [0, 0.05) is 0 Å². The summed E-state index contributed by atoms with van der Waals surface area (Å²) in [6.07, 6.45) is 0. The fourth-order valence-corrected chi connectivity index (χ4v) is 5.00. The van der Waals surface area contributed by atoms with Gasteiger partial charge in [0.1, 0.15) is 0 Å². The number of hydrogen-bond acceptors (Lipinski definition) is 1. The van der Waals surface area contributed by atoms with Gasteiger partial charge >= 0.3 is 93.6 Å². The summed E-state index contributed by atoms with van der Waals surface area (Å²) < 4.78 is 6.12. The predicted molar refractivity (Wildman–Crippen MR) is 60.6 cm³/mol. The van der Waals surface area contributed by atoms with Gasteiger partial charge in [0.15, 0.2) is 0 Å². The molecule has 1 aromatic carbocycles. The van der Waals surface area contributed by atoms with Crippen LogP contribution in [0.4, 0.5) is 0 Å². The molecule has 0 radical (unpaired) electrons. The topological polar surface area (TPSA) is 9.23 Å². The second-order valence-corrected chi connectivity index (χ2v) is 22.2. The van der Waals surface area contributed by atoms with Gasteiger partial charge in [0.25, 0.3) is 0 Å². The van der Waals surface area contributed by atoms with Crippen molar-refractivity contribution in [1.82, 2.24) is 0 Å². The van der Waals surface area contributed by atoms with Crippen LogP contribution in [-0.2, 0) is 0 Å². The zero-order chi connectivity index (χ0) is 9.90. The summed E-state index contributed by atoms with van der Waals surface area (Å²) in [5.74, 6) is 0.812. The molecule has 0 saturated heterocycles. The Morgan fingerprint density at radius 1 is 1.15 bits per heavy atom. The van der Waals surface area contributed by atoms with Crippen molar-refractivity contribution in [2.24, 2.45) is 0 Å². The average molecular weight is 346 g/mol. The Labute approximate surface area is 93.0 Å². The van der Waals surface area contributed by atoms with Crippen LogP contribution >= 0.6 is 26.8 Å². The van der Waals surface area contributed by atoms with Crippen molar-refractivity contribution in [3.05, 3.63) is 24.3 Å². The summed E-state index contributed by atoms with van der Waals surface area (Å²) in [5, 5.41) is 0. The van der Waals surface area contributed by atoms with E-state index >= 15 is 0 Å². The van der Waals surface area contributed by atoms with Crippen LogP contribution in [0.1, 0.15) is 6.92 Å². The van der Waals surface area contributed by atoms with Gasteiger partial charge in [-0.1, -0.05) is 0 Å². The molecule has 0 N–H and O–H groups in total. The standard InChI is InChI=1S/C8H9O.3ClH.Sn/c1-2-9-8-6-4-3-5-7-8;;;;/h4-7H,2H2,1H3;3*1H;/q;;;;+3/p-3. The van der Waals surface area contributed by atoms with E-state index in [0.29, 0.717) is 6.61 Å². The minimum absolute atomic E-state index is 0.649. The molecule has 0 aromatic heterocycles. The third kappa shape index (κ3) is 3.74. The molecule has 0 saturated carbocycles. The fourth-order valence-electron chi connectivity index (χ4n) is 0.907. The van der Waals surface area contributed by atoms with Crippen molar-refractivity contribution in [1.29, 1.82) is 0 Å². The first-order chi connectivity index (χ1) is 6.04. The van der Waals surface area contributed by atoms with E-state index in [4.69, 9.17) is 31.5 Å². The van der Waals surface area contributed by atoms with Crippen molar-refractivity contribution in [2.75, 3.05) is 6.61 Å². The fraction of sp³-hybridized carbons (Fsp3) is 0.250. The van der Waals surface area contributed by atoms with Crippen LogP contribution in [0.2, 0.25) is 0 Å². The zero-order valence-electron chi connectivity index (χ0n) is 7.06. The molecule has 1 rings (SSSR count). The first-order valence-corrected chi connectivity index (χ1v) is 16.1. The third-order valence-electron chi connectivity index (χ3n) is 1.49. The van der Waals surface area contributed by atoms with Crippen molar-refractivity contribution in [3.8, 4) is 5.75 Å². The van der Waals surface area contributed by atoms with E-state index in [2.05, 4.69) is 0 Å². The van der Waals surface area contributed by atoms with Crippen LogP contribution in [0, 0.1) is 0 Å². The quantitative estimate of drug-likeness (QED) is 0.765. The van der Waals surface area contributed by atoms with Crippen LogP contribution in [0.25, 0.3) is 0 Å². The Hall–Kier alpha value is 0.689. The molecular weight excluding hydrogens is 337 g/mol. The molecule has 0 spiro atoms. The number of halogens is 3. The molecule has 1 aromatic rings. The molecule has 0 bridgehead atoms. The molecule has 0 fully saturated rings. The molecule has 0 heterocycles. The Bertz CT molecular complexity index is 268. The third-order valence-corrected chi connectivity index (χ3v) is 8.70. The maximum absolute atomic E-state index is 5.89. The first-order valence-electron chi connectivity index (χ1n) is 3.84. The van der Waals surface area contributed by atoms with E-state index < -0.39 is 15.0 Å². The van der Waals surface area contributed by atoms with Gasteiger partial charge < -0.3 is 0 Å². The van der Waals surface area contributed by atoms with E-state index in [0.717, 1.165) is 9.33 Å². The number of hydrogen-bond donors (Lipinski definition) is 0. The summed E-state index contributed by atoms with van der Waals surface area (Å²) in [7, 11) is 17.7. The molecule has 13 heavy (non-hydrogen) atoms. The second kappa shape index (κ2) is 4.96. The summed E-state index contributed by atoms with van der Waals surface area (Å²) in [6, 6.07) is 7.32. The summed E-state index contributed by atoms with van der Waals surface area (Å²) in [6.45, 7) is 2.58. The molecule has 0 atom stereocenters. The molecule has 0 unspecified atom stereocenters. The van der Waals surface area contributed by atoms with Gasteiger partial charge in [-0.3, -0.25) is 0 Å². The molecule has 0 aliphatic carbocycles. The van der Waals surface area contributed by atoms with Crippen LogP contribution in [-0.4, -0.2) is 21.6 Å². The van der Waals surface area contributed by atoms with Crippen molar-refractivity contribution < 1.29 is 4.74 Å². The van der Waals surface area contributed by atoms with Gasteiger partial charge in [-0.25, -0.2) is 0 Å². The molecule has 1 nitrogen and oxygen atoms in total. The monoisotopic (exact) mass is 346 g/mol. The van der Waals surface area contributed by atoms with Crippen molar-refractivity contribution >= 4 is 45.3 Å². The zero-order valence-corrected chi connectivity index (χ0v) is 12.2. The van der Waals surface area contributed by atoms with Crippen LogP contribution in [0.5, 0.6) is 5.75 Å². The van der Waals surface area contributed by atoms with E-state index in [1.165, 1.54) is 0 Å². The molecule has 72 valence electrons. The van der Waals surface area contributed by atoms with E-state index in [9.17, 15) is 0 Å². The molecular formula is C8H9Cl3OSn.